The number of fused-ring (bicyclic) bond motifs is 1. The molecule has 3 aliphatic rings. The third-order valence-electron chi connectivity index (χ3n) is 4.05. The van der Waals surface area contributed by atoms with E-state index in [-0.39, 0.29) is 0 Å². The first-order valence-electron chi connectivity index (χ1n) is 7.67. The van der Waals surface area contributed by atoms with Gasteiger partial charge in [0.1, 0.15) is 0 Å². The Hall–Kier alpha value is -0.600. The van der Waals surface area contributed by atoms with Crippen molar-refractivity contribution in [3.63, 3.8) is 0 Å². The summed E-state index contributed by atoms with van der Waals surface area (Å²) >= 11 is 0. The van der Waals surface area contributed by atoms with E-state index in [1.165, 1.54) is 0 Å². The van der Waals surface area contributed by atoms with E-state index in [0.717, 1.165) is 10.5 Å². The molecule has 0 saturated carbocycles. The average molecular weight is 471 g/mol. The zero-order valence-corrected chi connectivity index (χ0v) is 17.8. The van der Waals surface area contributed by atoms with Gasteiger partial charge in [0.05, 0.1) is 21.8 Å². The second-order valence-electron chi connectivity index (χ2n) is 5.74. The summed E-state index contributed by atoms with van der Waals surface area (Å²) in [5.41, 5.74) is 0. The zero-order chi connectivity index (χ0) is 21.3. The van der Waals surface area contributed by atoms with Gasteiger partial charge in [0.25, 0.3) is 0 Å². The molecule has 0 N–H and O–H groups in total. The molecule has 0 radical (unpaired) electrons. The SMILES string of the molecule is C[C@@H]1[C@H](C)[S+]2c3ccccc3[S+]1c1ccccc12.[O-][Cl+3]([O-])([O-])[O-].[O-][Cl+3]([O-])([O-])[O-]. The molecule has 0 aliphatic carbocycles. The molecule has 12 heteroatoms. The summed E-state index contributed by atoms with van der Waals surface area (Å²) in [6, 6.07) is 18.3. The van der Waals surface area contributed by atoms with Crippen LogP contribution in [-0.2, 0) is 21.8 Å². The molecule has 0 amide bonds. The van der Waals surface area contributed by atoms with Crippen LogP contribution in [0.4, 0.5) is 0 Å². The van der Waals surface area contributed by atoms with Crippen molar-refractivity contribution in [3.05, 3.63) is 48.5 Å². The first-order valence-corrected chi connectivity index (χ1v) is 12.7. The van der Waals surface area contributed by atoms with Crippen LogP contribution in [0.25, 0.3) is 0 Å². The molecular weight excluding hydrogens is 455 g/mol. The Bertz CT molecular complexity index is 686. The van der Waals surface area contributed by atoms with Crippen molar-refractivity contribution >= 4 is 21.8 Å². The molecule has 0 fully saturated rings. The minimum absolute atomic E-state index is 0.297. The van der Waals surface area contributed by atoms with Crippen molar-refractivity contribution in [2.75, 3.05) is 0 Å². The van der Waals surface area contributed by atoms with E-state index in [9.17, 15) is 0 Å². The van der Waals surface area contributed by atoms with Crippen LogP contribution in [0.3, 0.4) is 0 Å². The largest absolute Gasteiger partial charge is 0.222 e. The highest BCUT2D eigenvalue weighted by atomic mass is 35.7. The van der Waals surface area contributed by atoms with Gasteiger partial charge in [0.2, 0.25) is 19.6 Å². The van der Waals surface area contributed by atoms with Crippen LogP contribution < -0.4 is 37.3 Å². The fraction of sp³-hybridized carbons (Fsp3) is 0.250. The Morgan fingerprint density at radius 1 is 0.536 bits per heavy atom. The Morgan fingerprint density at radius 3 is 0.893 bits per heavy atom. The van der Waals surface area contributed by atoms with Gasteiger partial charge < -0.3 is 0 Å². The Balaban J connectivity index is 0.000000237. The number of rotatable bonds is 0. The Labute approximate surface area is 171 Å². The molecule has 2 aromatic rings. The van der Waals surface area contributed by atoms with Crippen LogP contribution in [0.2, 0.25) is 0 Å². The summed E-state index contributed by atoms with van der Waals surface area (Å²) < 4.78 is 67.9. The van der Waals surface area contributed by atoms with Crippen molar-refractivity contribution < 1.29 is 57.8 Å². The van der Waals surface area contributed by atoms with Crippen LogP contribution in [0.1, 0.15) is 13.8 Å². The van der Waals surface area contributed by atoms with Gasteiger partial charge in [-0.25, -0.2) is 37.3 Å². The fourth-order valence-electron chi connectivity index (χ4n) is 3.05. The summed E-state index contributed by atoms with van der Waals surface area (Å²) in [6.07, 6.45) is 0. The monoisotopic (exact) mass is 470 g/mol. The third-order valence-corrected chi connectivity index (χ3v) is 10.1. The van der Waals surface area contributed by atoms with E-state index in [4.69, 9.17) is 37.3 Å². The summed E-state index contributed by atoms with van der Waals surface area (Å²) in [6.45, 7) is 4.89. The maximum atomic E-state index is 8.49. The molecule has 2 bridgehead atoms. The van der Waals surface area contributed by atoms with Crippen molar-refractivity contribution in [2.24, 2.45) is 0 Å². The number of hydrogen-bond acceptors (Lipinski definition) is 8. The van der Waals surface area contributed by atoms with Gasteiger partial charge in [-0.05, 0) is 38.1 Å². The number of halogens is 2. The van der Waals surface area contributed by atoms with Gasteiger partial charge in [-0.3, -0.25) is 0 Å². The minimum atomic E-state index is -4.94. The number of benzene rings is 2. The molecule has 154 valence electrons. The van der Waals surface area contributed by atoms with Crippen LogP contribution in [0, 0.1) is 20.5 Å². The highest BCUT2D eigenvalue weighted by Crippen LogP contribution is 2.52. The van der Waals surface area contributed by atoms with Crippen molar-refractivity contribution in [1.29, 1.82) is 0 Å². The molecular formula is C16H16Cl2O8S2. The molecule has 3 heterocycles. The molecule has 8 nitrogen and oxygen atoms in total. The highest BCUT2D eigenvalue weighted by molar-refractivity contribution is 8.06. The fourth-order valence-corrected chi connectivity index (χ4v) is 9.67. The lowest BCUT2D eigenvalue weighted by atomic mass is 10.3. The van der Waals surface area contributed by atoms with E-state index in [1.807, 2.05) is 0 Å². The summed E-state index contributed by atoms with van der Waals surface area (Å²) in [4.78, 5) is 6.46. The van der Waals surface area contributed by atoms with Crippen molar-refractivity contribution in [2.45, 2.75) is 43.9 Å². The van der Waals surface area contributed by atoms with Crippen LogP contribution in [0.5, 0.6) is 0 Å². The van der Waals surface area contributed by atoms with Gasteiger partial charge in [0, 0.05) is 0 Å². The van der Waals surface area contributed by atoms with Gasteiger partial charge in [0.15, 0.2) is 10.5 Å². The van der Waals surface area contributed by atoms with Gasteiger partial charge >= 0.3 is 0 Å². The van der Waals surface area contributed by atoms with Crippen molar-refractivity contribution in [1.82, 2.24) is 0 Å². The summed E-state index contributed by atoms with van der Waals surface area (Å²) in [5, 5.41) is 1.58. The molecule has 2 aromatic carbocycles. The Morgan fingerprint density at radius 2 is 0.714 bits per heavy atom. The van der Waals surface area contributed by atoms with Crippen LogP contribution >= 0.6 is 0 Å². The normalized spacial score (nSPS) is 24.8. The molecule has 0 aromatic heterocycles. The molecule has 0 saturated heterocycles. The zero-order valence-electron chi connectivity index (χ0n) is 14.6. The molecule has 5 rings (SSSR count). The topological polar surface area (TPSA) is 184 Å². The predicted octanol–water partition coefficient (Wildman–Crippen LogP) is -5.65. The second-order valence-corrected chi connectivity index (χ2v) is 11.8. The standard InChI is InChI=1S/C16H16S2.2ClHO4/c1-11-12(2)18-15-9-5-3-7-13(15)17(11)14-8-4-6-10-16(14)18;2*2-1(3,4)5/h3-12H,1-2H3;2*(H,2,3,4,5)/q+2;;/p-2/t11-,12+,17?,18?;;. The summed E-state index contributed by atoms with van der Waals surface area (Å²) in [5.74, 6) is 0. The smallest absolute Gasteiger partial charge is 0.216 e. The minimum Gasteiger partial charge on any atom is -0.222 e. The highest BCUT2D eigenvalue weighted by Gasteiger charge is 2.61. The maximum Gasteiger partial charge on any atom is 0.216 e. The second kappa shape index (κ2) is 9.04. The Kier molecular flexibility index (Phi) is 7.65. The van der Waals surface area contributed by atoms with Gasteiger partial charge in [-0.15, -0.1) is 20.5 Å². The lowest BCUT2D eigenvalue weighted by Gasteiger charge is -2.32. The molecule has 0 unspecified atom stereocenters. The maximum absolute atomic E-state index is 8.49. The quantitative estimate of drug-likeness (QED) is 0.340. The lowest BCUT2D eigenvalue weighted by molar-refractivity contribution is -2.00. The van der Waals surface area contributed by atoms with Crippen molar-refractivity contribution in [3.8, 4) is 0 Å². The van der Waals surface area contributed by atoms with E-state index in [0.29, 0.717) is 21.8 Å². The molecule has 2 atom stereocenters. The predicted molar refractivity (Wildman–Crippen MR) is 79.6 cm³/mol. The van der Waals surface area contributed by atoms with Gasteiger partial charge in [-0.2, -0.15) is 0 Å². The van der Waals surface area contributed by atoms with Gasteiger partial charge in [-0.1, -0.05) is 24.3 Å². The molecule has 0 spiro atoms. The van der Waals surface area contributed by atoms with E-state index >= 15 is 0 Å². The molecule has 28 heavy (non-hydrogen) atoms. The molecule has 3 aliphatic heterocycles. The van der Waals surface area contributed by atoms with E-state index in [1.54, 1.807) is 19.6 Å². The number of hydrogen-bond donors (Lipinski definition) is 0. The third kappa shape index (κ3) is 6.20. The summed E-state index contributed by atoms with van der Waals surface area (Å²) in [7, 11) is -9.30. The van der Waals surface area contributed by atoms with Crippen LogP contribution in [-0.4, -0.2) is 10.5 Å². The first kappa shape index (κ1) is 23.7. The first-order chi connectivity index (χ1) is 12.8. The van der Waals surface area contributed by atoms with E-state index in [2.05, 4.69) is 62.4 Å². The van der Waals surface area contributed by atoms with E-state index < -0.39 is 20.5 Å². The van der Waals surface area contributed by atoms with Crippen LogP contribution in [0.15, 0.2) is 68.1 Å². The average Bonchev–Trinajstić information content (AvgIpc) is 2.54. The lowest BCUT2D eigenvalue weighted by Crippen LogP contribution is -2.68.